The van der Waals surface area contributed by atoms with E-state index in [9.17, 15) is 4.91 Å². The summed E-state index contributed by atoms with van der Waals surface area (Å²) in [6, 6.07) is 7.00. The number of nitrogens with zero attached hydrogens (tertiary/aromatic N) is 1. The van der Waals surface area contributed by atoms with E-state index in [0.717, 1.165) is 5.56 Å². The van der Waals surface area contributed by atoms with Gasteiger partial charge in [0.2, 0.25) is 5.69 Å². The third-order valence-corrected chi connectivity index (χ3v) is 1.82. The largest absolute Gasteiger partial charge is 0.364 e. The number of rotatable bonds is 2. The van der Waals surface area contributed by atoms with Gasteiger partial charge in [-0.25, -0.2) is 0 Å². The monoisotopic (exact) mass is 187 g/mol. The van der Waals surface area contributed by atoms with E-state index in [1.165, 1.54) is 0 Å². The molecule has 0 bridgehead atoms. The number of alkyl halides is 1. The summed E-state index contributed by atoms with van der Waals surface area (Å²) in [6.45, 7) is 0. The van der Waals surface area contributed by atoms with Crippen molar-refractivity contribution in [2.75, 3.05) is 0 Å². The van der Waals surface area contributed by atoms with E-state index in [0.29, 0.717) is 15.7 Å². The Kier molecular flexibility index (Phi) is 2.79. The van der Waals surface area contributed by atoms with Gasteiger partial charge in [0.1, 0.15) is 0 Å². The van der Waals surface area contributed by atoms with Gasteiger partial charge in [0.15, 0.2) is 0 Å². The van der Waals surface area contributed by atoms with Gasteiger partial charge in [-0.1, -0.05) is 22.4 Å². The molecule has 0 aliphatic carbocycles. The van der Waals surface area contributed by atoms with Gasteiger partial charge in [0, 0.05) is 16.5 Å². The van der Waals surface area contributed by atoms with Crippen LogP contribution in [0.4, 0.5) is 5.69 Å². The van der Waals surface area contributed by atoms with Crippen LogP contribution in [0.2, 0.25) is 0 Å². The zero-order valence-electron chi connectivity index (χ0n) is 5.66. The van der Waals surface area contributed by atoms with Crippen molar-refractivity contribution < 1.29 is 4.17 Å². The summed E-state index contributed by atoms with van der Waals surface area (Å²) in [6.07, 6.45) is 0. The number of hydrogen-bond donors (Lipinski definition) is 0. The fourth-order valence-corrected chi connectivity index (χ4v) is 1.21. The van der Waals surface area contributed by atoms with Crippen LogP contribution in [0.15, 0.2) is 24.3 Å². The van der Waals surface area contributed by atoms with E-state index in [2.05, 4.69) is 12.8 Å². The van der Waals surface area contributed by atoms with Crippen molar-refractivity contribution in [1.82, 2.24) is 0 Å². The maximum atomic E-state index is 10.7. The molecule has 0 radical (unpaired) electrons. The standard InChI is InChI=1S/C7H6ClNOS/c8-5-6-3-1-2-4-7(6)9(10)11/h1-4H,5H2. The SMILES string of the molecule is O=[N+]([S-])c1ccccc1CCl. The first-order valence-electron chi connectivity index (χ1n) is 3.04. The fourth-order valence-electron chi connectivity index (χ4n) is 0.802. The van der Waals surface area contributed by atoms with Crippen molar-refractivity contribution in [2.24, 2.45) is 0 Å². The molecule has 2 nitrogen and oxygen atoms in total. The molecule has 0 aromatic heterocycles. The Balaban J connectivity index is 3.12. The molecular weight excluding hydrogens is 182 g/mol. The first kappa shape index (κ1) is 8.43. The molecule has 0 saturated heterocycles. The Bertz CT molecular complexity index is 277. The number of halogens is 1. The quantitative estimate of drug-likeness (QED) is 0.402. The molecule has 4 heteroatoms. The second-order valence-corrected chi connectivity index (χ2v) is 2.62. The average Bonchev–Trinajstić information content (AvgIpc) is 2.04. The summed E-state index contributed by atoms with van der Waals surface area (Å²) >= 11 is 9.98. The molecule has 0 spiro atoms. The summed E-state index contributed by atoms with van der Waals surface area (Å²) in [7, 11) is 0. The minimum atomic E-state index is 0.311. The summed E-state index contributed by atoms with van der Waals surface area (Å²) in [4.78, 5) is 10.7. The normalized spacial score (nSPS) is 9.55. The molecule has 1 aromatic rings. The fraction of sp³-hybridized carbons (Fsp3) is 0.143. The first-order chi connectivity index (χ1) is 5.25. The maximum absolute atomic E-state index is 10.7. The molecule has 0 N–H and O–H groups in total. The van der Waals surface area contributed by atoms with Gasteiger partial charge in [-0.05, 0) is 0 Å². The first-order valence-corrected chi connectivity index (χ1v) is 3.94. The van der Waals surface area contributed by atoms with Gasteiger partial charge < -0.3 is 12.8 Å². The smallest absolute Gasteiger partial charge is 0.242 e. The van der Waals surface area contributed by atoms with E-state index in [1.807, 2.05) is 6.07 Å². The van der Waals surface area contributed by atoms with Crippen LogP contribution in [-0.2, 0) is 18.7 Å². The van der Waals surface area contributed by atoms with E-state index in [-0.39, 0.29) is 0 Å². The summed E-state index contributed by atoms with van der Waals surface area (Å²) in [5.41, 5.74) is 1.22. The molecule has 58 valence electrons. The highest BCUT2D eigenvalue weighted by molar-refractivity contribution is 7.51. The molecular formula is C7H6ClNOS. The maximum Gasteiger partial charge on any atom is 0.242 e. The molecule has 1 rings (SSSR count). The summed E-state index contributed by atoms with van der Waals surface area (Å²) in [5.74, 6) is 0.311. The van der Waals surface area contributed by atoms with Crippen LogP contribution in [0.1, 0.15) is 5.56 Å². The van der Waals surface area contributed by atoms with Crippen LogP contribution < -0.4 is 0 Å². The van der Waals surface area contributed by atoms with Crippen molar-refractivity contribution in [3.63, 3.8) is 0 Å². The molecule has 0 heterocycles. The Hall–Kier alpha value is -0.670. The van der Waals surface area contributed by atoms with Gasteiger partial charge in [0.05, 0.1) is 5.88 Å². The second kappa shape index (κ2) is 3.64. The van der Waals surface area contributed by atoms with E-state index >= 15 is 0 Å². The van der Waals surface area contributed by atoms with Crippen LogP contribution in [0, 0.1) is 4.91 Å². The second-order valence-electron chi connectivity index (χ2n) is 2.02. The summed E-state index contributed by atoms with van der Waals surface area (Å²) < 4.78 is 0.401. The Morgan fingerprint density at radius 2 is 2.09 bits per heavy atom. The van der Waals surface area contributed by atoms with Crippen molar-refractivity contribution in [3.05, 3.63) is 34.7 Å². The molecule has 0 amide bonds. The van der Waals surface area contributed by atoms with Gasteiger partial charge in [-0.3, -0.25) is 0 Å². The molecule has 0 saturated carbocycles. The third-order valence-electron chi connectivity index (χ3n) is 1.33. The lowest BCUT2D eigenvalue weighted by Gasteiger charge is -1.98. The lowest BCUT2D eigenvalue weighted by molar-refractivity contribution is -0.263. The molecule has 0 aliphatic heterocycles. The zero-order valence-corrected chi connectivity index (χ0v) is 7.23. The molecule has 11 heavy (non-hydrogen) atoms. The minimum Gasteiger partial charge on any atom is -0.364 e. The Morgan fingerprint density at radius 1 is 1.45 bits per heavy atom. The van der Waals surface area contributed by atoms with Gasteiger partial charge in [0.25, 0.3) is 0 Å². The highest BCUT2D eigenvalue weighted by atomic mass is 35.5. The van der Waals surface area contributed by atoms with Crippen molar-refractivity contribution >= 4 is 30.1 Å². The number of para-hydroxylation sites is 1. The lowest BCUT2D eigenvalue weighted by atomic mass is 10.2. The highest BCUT2D eigenvalue weighted by Crippen LogP contribution is 2.18. The van der Waals surface area contributed by atoms with Crippen LogP contribution in [0.25, 0.3) is 0 Å². The molecule has 0 fully saturated rings. The van der Waals surface area contributed by atoms with E-state index in [4.69, 9.17) is 11.6 Å². The number of nitroso groups, excluding NO2 is 1. The van der Waals surface area contributed by atoms with E-state index < -0.39 is 0 Å². The molecule has 0 aliphatic rings. The van der Waals surface area contributed by atoms with E-state index in [1.54, 1.807) is 18.2 Å². The Labute approximate surface area is 75.3 Å². The van der Waals surface area contributed by atoms with Gasteiger partial charge >= 0.3 is 0 Å². The minimum absolute atomic E-state index is 0.311. The average molecular weight is 188 g/mol. The van der Waals surface area contributed by atoms with Gasteiger partial charge in [-0.2, -0.15) is 0 Å². The topological polar surface area (TPSA) is 20.1 Å². The lowest BCUT2D eigenvalue weighted by Crippen LogP contribution is -1.92. The predicted molar refractivity (Wildman–Crippen MR) is 46.7 cm³/mol. The van der Waals surface area contributed by atoms with Gasteiger partial charge in [-0.15, -0.1) is 11.6 Å². The predicted octanol–water partition coefficient (Wildman–Crippen LogP) is 2.30. The van der Waals surface area contributed by atoms with Crippen LogP contribution >= 0.6 is 11.6 Å². The molecule has 1 aromatic carbocycles. The van der Waals surface area contributed by atoms with Crippen LogP contribution in [0.5, 0.6) is 0 Å². The molecule has 0 unspecified atom stereocenters. The van der Waals surface area contributed by atoms with Crippen molar-refractivity contribution in [2.45, 2.75) is 5.88 Å². The Morgan fingerprint density at radius 3 is 2.55 bits per heavy atom. The highest BCUT2D eigenvalue weighted by Gasteiger charge is 2.06. The third kappa shape index (κ3) is 1.88. The van der Waals surface area contributed by atoms with Crippen LogP contribution in [0.3, 0.4) is 0 Å². The number of benzene rings is 1. The van der Waals surface area contributed by atoms with Crippen molar-refractivity contribution in [1.29, 1.82) is 0 Å². The summed E-state index contributed by atoms with van der Waals surface area (Å²) in [5, 5.41) is 0. The van der Waals surface area contributed by atoms with Crippen LogP contribution in [-0.4, -0.2) is 4.17 Å². The van der Waals surface area contributed by atoms with Crippen molar-refractivity contribution in [3.8, 4) is 0 Å². The number of hydrogen-bond acceptors (Lipinski definition) is 2. The zero-order chi connectivity index (χ0) is 8.27. The molecule has 0 atom stereocenters.